The van der Waals surface area contributed by atoms with Crippen molar-refractivity contribution < 1.29 is 9.90 Å². The highest BCUT2D eigenvalue weighted by atomic mass is 79.9. The molecular weight excluding hydrogens is 420 g/mol. The van der Waals surface area contributed by atoms with Crippen LogP contribution in [-0.4, -0.2) is 34.7 Å². The van der Waals surface area contributed by atoms with E-state index < -0.39 is 6.09 Å². The number of benzene rings is 1. The fourth-order valence-corrected chi connectivity index (χ4v) is 4.58. The van der Waals surface area contributed by atoms with Gasteiger partial charge in [-0.1, -0.05) is 12.1 Å². The van der Waals surface area contributed by atoms with E-state index in [-0.39, 0.29) is 6.04 Å². The molecule has 7 heteroatoms. The smallest absolute Gasteiger partial charge is 0.404 e. The molecule has 28 heavy (non-hydrogen) atoms. The van der Waals surface area contributed by atoms with Gasteiger partial charge in [0, 0.05) is 37.1 Å². The quantitative estimate of drug-likeness (QED) is 0.631. The van der Waals surface area contributed by atoms with Crippen molar-refractivity contribution >= 4 is 33.2 Å². The summed E-state index contributed by atoms with van der Waals surface area (Å²) in [5.41, 5.74) is 4.84. The van der Waals surface area contributed by atoms with Gasteiger partial charge in [-0.2, -0.15) is 5.26 Å². The molecule has 0 spiro atoms. The van der Waals surface area contributed by atoms with Gasteiger partial charge in [0.1, 0.15) is 0 Å². The second-order valence-electron chi connectivity index (χ2n) is 6.93. The number of nitrogens with one attached hydrogen (secondary N) is 1. The number of halogens is 1. The zero-order valence-electron chi connectivity index (χ0n) is 15.1. The maximum Gasteiger partial charge on any atom is 0.404 e. The summed E-state index contributed by atoms with van der Waals surface area (Å²) in [6.07, 6.45) is 4.89. The molecule has 1 unspecified atom stereocenters. The molecule has 4 rings (SSSR count). The molecule has 1 amide bonds. The molecular formula is C21H19BrN4O2. The largest absolute Gasteiger partial charge is 0.465 e. The van der Waals surface area contributed by atoms with Crippen LogP contribution in [0.3, 0.4) is 0 Å². The van der Waals surface area contributed by atoms with Crippen LogP contribution < -0.4 is 10.2 Å². The van der Waals surface area contributed by atoms with Gasteiger partial charge < -0.3 is 19.7 Å². The van der Waals surface area contributed by atoms with E-state index in [1.165, 1.54) is 0 Å². The van der Waals surface area contributed by atoms with Crippen LogP contribution >= 0.6 is 15.9 Å². The molecule has 1 atom stereocenters. The molecule has 0 aliphatic carbocycles. The predicted octanol–water partition coefficient (Wildman–Crippen LogP) is 4.48. The summed E-state index contributed by atoms with van der Waals surface area (Å²) in [6, 6.07) is 13.7. The Morgan fingerprint density at radius 3 is 2.79 bits per heavy atom. The summed E-state index contributed by atoms with van der Waals surface area (Å²) in [5.74, 6) is 0. The number of anilines is 1. The van der Waals surface area contributed by atoms with Gasteiger partial charge in [0.05, 0.1) is 27.3 Å². The Morgan fingerprint density at radius 1 is 1.29 bits per heavy atom. The molecule has 6 nitrogen and oxygen atoms in total. The van der Waals surface area contributed by atoms with E-state index in [0.29, 0.717) is 12.1 Å². The van der Waals surface area contributed by atoms with Crippen LogP contribution in [0.4, 0.5) is 10.5 Å². The van der Waals surface area contributed by atoms with Gasteiger partial charge in [-0.05, 0) is 58.6 Å². The fourth-order valence-electron chi connectivity index (χ4n) is 3.84. The van der Waals surface area contributed by atoms with Crippen molar-refractivity contribution in [3.63, 3.8) is 0 Å². The van der Waals surface area contributed by atoms with E-state index >= 15 is 0 Å². The third-order valence-corrected chi connectivity index (χ3v) is 5.93. The van der Waals surface area contributed by atoms with Crippen molar-refractivity contribution in [3.8, 4) is 17.2 Å². The highest BCUT2D eigenvalue weighted by Gasteiger charge is 2.24. The van der Waals surface area contributed by atoms with Crippen molar-refractivity contribution in [2.75, 3.05) is 18.0 Å². The number of hydrogen-bond acceptors (Lipinski definition) is 3. The second-order valence-corrected chi connectivity index (χ2v) is 7.72. The average Bonchev–Trinajstić information content (AvgIpc) is 3.04. The van der Waals surface area contributed by atoms with Crippen molar-refractivity contribution in [1.82, 2.24) is 9.72 Å². The molecule has 2 N–H and O–H groups in total. The van der Waals surface area contributed by atoms with Gasteiger partial charge >= 0.3 is 6.09 Å². The normalized spacial score (nSPS) is 16.7. The Morgan fingerprint density at radius 2 is 2.07 bits per heavy atom. The number of rotatable bonds is 3. The maximum absolute atomic E-state index is 11.0. The van der Waals surface area contributed by atoms with Crippen molar-refractivity contribution in [2.45, 2.75) is 18.9 Å². The molecule has 0 radical (unpaired) electrons. The average molecular weight is 439 g/mol. The van der Waals surface area contributed by atoms with Gasteiger partial charge in [-0.3, -0.25) is 0 Å². The summed E-state index contributed by atoms with van der Waals surface area (Å²) in [5, 5.41) is 20.7. The second kappa shape index (κ2) is 7.56. The molecule has 1 saturated heterocycles. The number of carbonyl (C=O) groups is 1. The lowest BCUT2D eigenvalue weighted by Gasteiger charge is -2.34. The van der Waals surface area contributed by atoms with Gasteiger partial charge in [-0.15, -0.1) is 0 Å². The highest BCUT2D eigenvalue weighted by molar-refractivity contribution is 9.10. The number of fused-ring (bicyclic) bond motifs is 1. The van der Waals surface area contributed by atoms with E-state index in [1.807, 2.05) is 36.5 Å². The molecule has 3 heterocycles. The summed E-state index contributed by atoms with van der Waals surface area (Å²) >= 11 is 3.77. The van der Waals surface area contributed by atoms with Crippen LogP contribution in [0.1, 0.15) is 18.4 Å². The first-order valence-electron chi connectivity index (χ1n) is 9.11. The lowest BCUT2D eigenvalue weighted by Crippen LogP contribution is -2.47. The number of pyridine rings is 1. The zero-order valence-corrected chi connectivity index (χ0v) is 16.7. The Balaban J connectivity index is 1.73. The van der Waals surface area contributed by atoms with E-state index in [1.54, 1.807) is 0 Å². The van der Waals surface area contributed by atoms with E-state index in [0.717, 1.165) is 46.2 Å². The summed E-state index contributed by atoms with van der Waals surface area (Å²) in [6.45, 7) is 1.54. The minimum Gasteiger partial charge on any atom is -0.465 e. The Labute approximate surface area is 171 Å². The molecule has 2 aromatic heterocycles. The van der Waals surface area contributed by atoms with Gasteiger partial charge in [0.25, 0.3) is 0 Å². The maximum atomic E-state index is 11.0. The van der Waals surface area contributed by atoms with Crippen LogP contribution in [0.25, 0.3) is 16.6 Å². The highest BCUT2D eigenvalue weighted by Crippen LogP contribution is 2.38. The minimum absolute atomic E-state index is 0.0711. The first kappa shape index (κ1) is 18.4. The number of amides is 1. The topological polar surface area (TPSA) is 80.8 Å². The Hall–Kier alpha value is -2.98. The van der Waals surface area contributed by atoms with E-state index in [9.17, 15) is 4.79 Å². The van der Waals surface area contributed by atoms with Crippen molar-refractivity contribution in [3.05, 3.63) is 58.8 Å². The SMILES string of the molecule is N#Cc1ccc(-c2cn3cccc(N4CCCC(NC(=O)O)C4)c3c2Br)cc1. The van der Waals surface area contributed by atoms with E-state index in [2.05, 4.69) is 48.9 Å². The number of carboxylic acid groups (broad SMARTS) is 1. The van der Waals surface area contributed by atoms with Crippen molar-refractivity contribution in [1.29, 1.82) is 5.26 Å². The van der Waals surface area contributed by atoms with Gasteiger partial charge in [0.2, 0.25) is 0 Å². The van der Waals surface area contributed by atoms with Crippen LogP contribution in [0.15, 0.2) is 53.3 Å². The van der Waals surface area contributed by atoms with Gasteiger partial charge in [0.15, 0.2) is 0 Å². The molecule has 142 valence electrons. The lowest BCUT2D eigenvalue weighted by atomic mass is 10.0. The molecule has 1 aliphatic rings. The van der Waals surface area contributed by atoms with Crippen LogP contribution in [0.5, 0.6) is 0 Å². The van der Waals surface area contributed by atoms with Crippen molar-refractivity contribution in [2.24, 2.45) is 0 Å². The number of piperidine rings is 1. The molecule has 0 saturated carbocycles. The van der Waals surface area contributed by atoms with Crippen LogP contribution in [0, 0.1) is 11.3 Å². The summed E-state index contributed by atoms with van der Waals surface area (Å²) < 4.78 is 3.07. The molecule has 1 fully saturated rings. The van der Waals surface area contributed by atoms with Gasteiger partial charge in [-0.25, -0.2) is 4.79 Å². The summed E-state index contributed by atoms with van der Waals surface area (Å²) in [7, 11) is 0. The molecule has 1 aliphatic heterocycles. The lowest BCUT2D eigenvalue weighted by molar-refractivity contribution is 0.188. The van der Waals surface area contributed by atoms with Crippen LogP contribution in [0.2, 0.25) is 0 Å². The number of hydrogen-bond donors (Lipinski definition) is 2. The molecule has 0 bridgehead atoms. The fraction of sp³-hybridized carbons (Fsp3) is 0.238. The first-order valence-corrected chi connectivity index (χ1v) is 9.90. The molecule has 3 aromatic rings. The Kier molecular flexibility index (Phi) is 4.97. The third kappa shape index (κ3) is 3.43. The van der Waals surface area contributed by atoms with E-state index in [4.69, 9.17) is 10.4 Å². The number of nitriles is 1. The zero-order chi connectivity index (χ0) is 19.7. The number of aromatic nitrogens is 1. The third-order valence-electron chi connectivity index (χ3n) is 5.13. The van der Waals surface area contributed by atoms with Crippen LogP contribution in [-0.2, 0) is 0 Å². The summed E-state index contributed by atoms with van der Waals surface area (Å²) in [4.78, 5) is 13.3. The molecule has 1 aromatic carbocycles. The Bertz CT molecular complexity index is 1070. The first-order chi connectivity index (χ1) is 13.6. The number of nitrogens with zero attached hydrogens (tertiary/aromatic N) is 3. The minimum atomic E-state index is -0.975. The standard InChI is InChI=1S/C21H19BrN4O2/c22-19-17(15-7-5-14(11-23)6-8-15)13-26-10-2-4-18(20(19)26)25-9-1-3-16(12-25)24-21(27)28/h2,4-8,10,13,16,24H,1,3,9,12H2,(H,27,28). The monoisotopic (exact) mass is 438 g/mol. The predicted molar refractivity (Wildman–Crippen MR) is 112 cm³/mol.